The molecule has 174 valence electrons. The molecule has 0 saturated carbocycles. The zero-order valence-electron chi connectivity index (χ0n) is 18.4. The molecule has 0 bridgehead atoms. The largest absolute Gasteiger partial charge is 0.423 e. The molecule has 2 aromatic heterocycles. The summed E-state index contributed by atoms with van der Waals surface area (Å²) in [6.07, 6.45) is 1.02. The van der Waals surface area contributed by atoms with Crippen molar-refractivity contribution in [2.24, 2.45) is 0 Å². The minimum atomic E-state index is -0.654. The Kier molecular flexibility index (Phi) is 7.23. The molecule has 4 rings (SSSR count). The number of ether oxygens (including phenoxy) is 3. The van der Waals surface area contributed by atoms with Crippen LogP contribution >= 0.6 is 23.2 Å². The Morgan fingerprint density at radius 2 is 1.68 bits per heavy atom. The summed E-state index contributed by atoms with van der Waals surface area (Å²) in [6.45, 7) is 1.61. The van der Waals surface area contributed by atoms with E-state index in [-0.39, 0.29) is 17.0 Å². The Balaban J connectivity index is 1.58. The first-order valence-electron chi connectivity index (χ1n) is 10.0. The van der Waals surface area contributed by atoms with Gasteiger partial charge in [0.05, 0.1) is 10.0 Å². The van der Waals surface area contributed by atoms with Gasteiger partial charge in [0, 0.05) is 31.5 Å². The maximum Gasteiger partial charge on any atom is 0.349 e. The normalized spacial score (nSPS) is 11.1. The summed E-state index contributed by atoms with van der Waals surface area (Å²) >= 11 is 12.6. The van der Waals surface area contributed by atoms with Gasteiger partial charge in [-0.2, -0.15) is 0 Å². The third kappa shape index (κ3) is 4.80. The van der Waals surface area contributed by atoms with Crippen LogP contribution in [0.1, 0.15) is 28.1 Å². The van der Waals surface area contributed by atoms with Gasteiger partial charge in [-0.1, -0.05) is 34.4 Å². The number of aromatic nitrogens is 3. The Hall–Kier alpha value is -3.30. The van der Waals surface area contributed by atoms with E-state index in [1.54, 1.807) is 61.7 Å². The molecule has 0 saturated heterocycles. The summed E-state index contributed by atoms with van der Waals surface area (Å²) in [5, 5.41) is 4.66. The second-order valence-corrected chi connectivity index (χ2v) is 7.90. The van der Waals surface area contributed by atoms with Gasteiger partial charge >= 0.3 is 5.97 Å². The molecule has 2 heterocycles. The average molecular weight is 500 g/mol. The average Bonchev–Trinajstić information content (AvgIpc) is 3.21. The molecule has 0 atom stereocenters. The van der Waals surface area contributed by atoms with Crippen molar-refractivity contribution in [2.75, 3.05) is 14.2 Å². The lowest BCUT2D eigenvalue weighted by atomic mass is 10.1. The number of rotatable bonds is 7. The topological polar surface area (TPSA) is 96.6 Å². The number of esters is 1. The molecule has 0 aliphatic heterocycles. The number of benzene rings is 2. The highest BCUT2D eigenvalue weighted by Gasteiger charge is 2.26. The standard InChI is InChI=1S/C24H19Cl2N3O5/c1-13-19(21(29-34-13)20-16(25)5-4-6-17(20)26)23(30)33-15-9-7-14(8-10-15)22-27-12-11-18(28-22)24(31-2)32-3/h4-12,24H,1-3H3. The van der Waals surface area contributed by atoms with Gasteiger partial charge in [0.2, 0.25) is 6.29 Å². The van der Waals surface area contributed by atoms with Gasteiger partial charge in [0.25, 0.3) is 0 Å². The molecule has 0 aliphatic rings. The van der Waals surface area contributed by atoms with Gasteiger partial charge in [-0.25, -0.2) is 14.8 Å². The van der Waals surface area contributed by atoms with Crippen molar-refractivity contribution in [2.45, 2.75) is 13.2 Å². The summed E-state index contributed by atoms with van der Waals surface area (Å²) in [6, 6.07) is 13.5. The Morgan fingerprint density at radius 1 is 1.00 bits per heavy atom. The van der Waals surface area contributed by atoms with Crippen LogP contribution in [0.2, 0.25) is 10.0 Å². The quantitative estimate of drug-likeness (QED) is 0.175. The third-order valence-electron chi connectivity index (χ3n) is 4.94. The molecular weight excluding hydrogens is 481 g/mol. The Bertz CT molecular complexity index is 1300. The number of hydrogen-bond donors (Lipinski definition) is 0. The van der Waals surface area contributed by atoms with Gasteiger partial charge in [-0.3, -0.25) is 0 Å². The summed E-state index contributed by atoms with van der Waals surface area (Å²) in [4.78, 5) is 21.8. The summed E-state index contributed by atoms with van der Waals surface area (Å²) in [7, 11) is 3.06. The minimum Gasteiger partial charge on any atom is -0.423 e. The molecule has 0 N–H and O–H groups in total. The molecule has 34 heavy (non-hydrogen) atoms. The van der Waals surface area contributed by atoms with E-state index in [0.717, 1.165) is 5.56 Å². The van der Waals surface area contributed by atoms with Crippen molar-refractivity contribution in [3.05, 3.63) is 81.8 Å². The fourth-order valence-electron chi connectivity index (χ4n) is 3.32. The lowest BCUT2D eigenvalue weighted by molar-refractivity contribution is -0.108. The molecule has 0 unspecified atom stereocenters. The van der Waals surface area contributed by atoms with E-state index in [9.17, 15) is 4.79 Å². The van der Waals surface area contributed by atoms with E-state index >= 15 is 0 Å². The van der Waals surface area contributed by atoms with Gasteiger partial charge < -0.3 is 18.7 Å². The molecule has 8 nitrogen and oxygen atoms in total. The number of halogens is 2. The van der Waals surface area contributed by atoms with E-state index in [1.165, 1.54) is 14.2 Å². The molecule has 0 radical (unpaired) electrons. The fraction of sp³-hybridized carbons (Fsp3) is 0.167. The van der Waals surface area contributed by atoms with Crippen molar-refractivity contribution in [1.29, 1.82) is 0 Å². The van der Waals surface area contributed by atoms with Crippen LogP contribution in [0.25, 0.3) is 22.6 Å². The molecule has 10 heteroatoms. The van der Waals surface area contributed by atoms with Crippen molar-refractivity contribution < 1.29 is 23.5 Å². The van der Waals surface area contributed by atoms with Gasteiger partial charge in [0.1, 0.15) is 28.5 Å². The number of nitrogens with zero attached hydrogens (tertiary/aromatic N) is 3. The SMILES string of the molecule is COC(OC)c1ccnc(-c2ccc(OC(=O)c3c(-c4c(Cl)cccc4Cl)noc3C)cc2)n1. The lowest BCUT2D eigenvalue weighted by Crippen LogP contribution is -2.10. The van der Waals surface area contributed by atoms with Crippen LogP contribution in [0.15, 0.2) is 59.3 Å². The van der Waals surface area contributed by atoms with Crippen LogP contribution < -0.4 is 4.74 Å². The predicted molar refractivity (Wildman–Crippen MR) is 126 cm³/mol. The number of hydrogen-bond acceptors (Lipinski definition) is 8. The van der Waals surface area contributed by atoms with E-state index in [1.807, 2.05) is 0 Å². The minimum absolute atomic E-state index is 0.139. The number of methoxy groups -OCH3 is 2. The van der Waals surface area contributed by atoms with E-state index in [4.69, 9.17) is 41.9 Å². The van der Waals surface area contributed by atoms with Crippen molar-refractivity contribution >= 4 is 29.2 Å². The van der Waals surface area contributed by atoms with E-state index in [2.05, 4.69) is 15.1 Å². The predicted octanol–water partition coefficient (Wildman–Crippen LogP) is 5.92. The number of carbonyl (C=O) groups is 1. The van der Waals surface area contributed by atoms with Gasteiger partial charge in [0.15, 0.2) is 5.82 Å². The van der Waals surface area contributed by atoms with Gasteiger partial charge in [-0.15, -0.1) is 0 Å². The van der Waals surface area contributed by atoms with Gasteiger partial charge in [-0.05, 0) is 49.4 Å². The Labute approximate surface area is 205 Å². The van der Waals surface area contributed by atoms with Crippen LogP contribution in [0, 0.1) is 6.92 Å². The second kappa shape index (κ2) is 10.3. The highest BCUT2D eigenvalue weighted by molar-refractivity contribution is 6.39. The van der Waals surface area contributed by atoms with Crippen molar-refractivity contribution in [1.82, 2.24) is 15.1 Å². The smallest absolute Gasteiger partial charge is 0.349 e. The van der Waals surface area contributed by atoms with Crippen LogP contribution in [-0.2, 0) is 9.47 Å². The molecule has 0 amide bonds. The van der Waals surface area contributed by atoms with Crippen LogP contribution in [0.3, 0.4) is 0 Å². The van der Waals surface area contributed by atoms with E-state index in [0.29, 0.717) is 32.9 Å². The number of carbonyl (C=O) groups excluding carboxylic acids is 1. The molecule has 4 aromatic rings. The highest BCUT2D eigenvalue weighted by atomic mass is 35.5. The second-order valence-electron chi connectivity index (χ2n) is 7.08. The first-order valence-corrected chi connectivity index (χ1v) is 10.8. The maximum absolute atomic E-state index is 13.0. The molecule has 0 fully saturated rings. The zero-order valence-corrected chi connectivity index (χ0v) is 19.9. The zero-order chi connectivity index (χ0) is 24.2. The molecule has 0 spiro atoms. The first kappa shape index (κ1) is 23.8. The van der Waals surface area contributed by atoms with Crippen LogP contribution in [0.4, 0.5) is 0 Å². The van der Waals surface area contributed by atoms with Crippen LogP contribution in [0.5, 0.6) is 5.75 Å². The third-order valence-corrected chi connectivity index (χ3v) is 5.57. The summed E-state index contributed by atoms with van der Waals surface area (Å²) in [5.74, 6) is 0.413. The fourth-order valence-corrected chi connectivity index (χ4v) is 3.89. The molecule has 2 aromatic carbocycles. The first-order chi connectivity index (χ1) is 16.4. The Morgan fingerprint density at radius 3 is 2.32 bits per heavy atom. The lowest BCUT2D eigenvalue weighted by Gasteiger charge is -2.13. The summed E-state index contributed by atoms with van der Waals surface area (Å²) < 4.78 is 21.3. The number of aryl methyl sites for hydroxylation is 1. The van der Waals surface area contributed by atoms with Crippen LogP contribution in [-0.4, -0.2) is 35.3 Å². The van der Waals surface area contributed by atoms with Crippen molar-refractivity contribution in [3.8, 4) is 28.4 Å². The van der Waals surface area contributed by atoms with E-state index < -0.39 is 12.3 Å². The summed E-state index contributed by atoms with van der Waals surface area (Å²) in [5.41, 5.74) is 2.05. The monoisotopic (exact) mass is 499 g/mol. The molecule has 0 aliphatic carbocycles. The van der Waals surface area contributed by atoms with Crippen molar-refractivity contribution in [3.63, 3.8) is 0 Å². The highest BCUT2D eigenvalue weighted by Crippen LogP contribution is 2.37. The molecular formula is C24H19Cl2N3O5. The maximum atomic E-state index is 13.0.